The Bertz CT molecular complexity index is 379. The van der Waals surface area contributed by atoms with Crippen LogP contribution in [0.25, 0.3) is 0 Å². The van der Waals surface area contributed by atoms with Crippen molar-refractivity contribution in [3.05, 3.63) is 34.9 Å². The molecule has 1 aromatic carbocycles. The molecule has 0 amide bonds. The number of hydrogen-bond acceptors (Lipinski definition) is 3. The number of carbonyl (C=O) groups is 2. The van der Waals surface area contributed by atoms with Crippen LogP contribution in [0.3, 0.4) is 0 Å². The van der Waals surface area contributed by atoms with E-state index in [0.29, 0.717) is 6.61 Å². The maximum absolute atomic E-state index is 10.9. The lowest BCUT2D eigenvalue weighted by atomic mass is 10.0. The van der Waals surface area contributed by atoms with E-state index >= 15 is 0 Å². The standard InChI is InChI=1S/C11H12O5/c1-2-16-6-9-7(10(12)13)4-3-5-8(9)11(14)15/h3-5H,2,6H2,1H3,(H,12,13)(H,14,15). The molecule has 86 valence electrons. The minimum absolute atomic E-state index is 0.0133. The molecule has 0 bridgehead atoms. The lowest BCUT2D eigenvalue weighted by Gasteiger charge is -2.09. The Morgan fingerprint density at radius 2 is 1.69 bits per heavy atom. The van der Waals surface area contributed by atoms with Crippen LogP contribution in [-0.2, 0) is 11.3 Å². The van der Waals surface area contributed by atoms with Gasteiger partial charge in [-0.3, -0.25) is 0 Å². The number of aromatic carboxylic acids is 2. The average Bonchev–Trinajstić information content (AvgIpc) is 2.25. The van der Waals surface area contributed by atoms with Crippen LogP contribution in [0.1, 0.15) is 33.2 Å². The van der Waals surface area contributed by atoms with E-state index in [1.54, 1.807) is 6.92 Å². The van der Waals surface area contributed by atoms with Crippen molar-refractivity contribution in [2.75, 3.05) is 6.61 Å². The summed E-state index contributed by atoms with van der Waals surface area (Å²) in [5.41, 5.74) is 0.131. The Hall–Kier alpha value is -1.88. The molecule has 0 spiro atoms. The highest BCUT2D eigenvalue weighted by atomic mass is 16.5. The Kier molecular flexibility index (Phi) is 4.02. The molecule has 2 N–H and O–H groups in total. The molecule has 0 fully saturated rings. The van der Waals surface area contributed by atoms with Gasteiger partial charge >= 0.3 is 11.9 Å². The van der Waals surface area contributed by atoms with E-state index in [9.17, 15) is 9.59 Å². The highest BCUT2D eigenvalue weighted by Crippen LogP contribution is 2.16. The molecule has 0 saturated heterocycles. The summed E-state index contributed by atoms with van der Waals surface area (Å²) < 4.78 is 5.07. The van der Waals surface area contributed by atoms with Gasteiger partial charge in [-0.2, -0.15) is 0 Å². The van der Waals surface area contributed by atoms with Crippen LogP contribution in [0.2, 0.25) is 0 Å². The number of benzene rings is 1. The molecule has 0 saturated carbocycles. The van der Waals surface area contributed by atoms with Crippen molar-refractivity contribution in [3.8, 4) is 0 Å². The summed E-state index contributed by atoms with van der Waals surface area (Å²) in [6.45, 7) is 2.14. The van der Waals surface area contributed by atoms with E-state index in [0.717, 1.165) is 0 Å². The quantitative estimate of drug-likeness (QED) is 0.793. The van der Waals surface area contributed by atoms with Crippen LogP contribution < -0.4 is 0 Å². The molecule has 0 aromatic heterocycles. The molecule has 0 unspecified atom stereocenters. The minimum atomic E-state index is -1.15. The highest BCUT2D eigenvalue weighted by molar-refractivity contribution is 5.96. The monoisotopic (exact) mass is 224 g/mol. The maximum Gasteiger partial charge on any atom is 0.336 e. The largest absolute Gasteiger partial charge is 0.478 e. The van der Waals surface area contributed by atoms with Crippen LogP contribution in [0.15, 0.2) is 18.2 Å². The summed E-state index contributed by atoms with van der Waals surface area (Å²) in [4.78, 5) is 21.8. The normalized spacial score (nSPS) is 10.1. The van der Waals surface area contributed by atoms with Crippen LogP contribution in [0, 0.1) is 0 Å². The van der Waals surface area contributed by atoms with Gasteiger partial charge in [0, 0.05) is 12.2 Å². The number of hydrogen-bond donors (Lipinski definition) is 2. The number of ether oxygens (including phenoxy) is 1. The SMILES string of the molecule is CCOCc1c(C(=O)O)cccc1C(=O)O. The molecule has 1 rings (SSSR count). The smallest absolute Gasteiger partial charge is 0.336 e. The van der Waals surface area contributed by atoms with Crippen molar-refractivity contribution < 1.29 is 24.5 Å². The van der Waals surface area contributed by atoms with E-state index in [1.807, 2.05) is 0 Å². The second-order valence-corrected chi connectivity index (χ2v) is 3.08. The number of carboxylic acid groups (broad SMARTS) is 2. The van der Waals surface area contributed by atoms with Gasteiger partial charge in [-0.05, 0) is 19.1 Å². The topological polar surface area (TPSA) is 83.8 Å². The van der Waals surface area contributed by atoms with E-state index in [1.165, 1.54) is 18.2 Å². The van der Waals surface area contributed by atoms with Gasteiger partial charge in [-0.1, -0.05) is 6.07 Å². The number of carboxylic acids is 2. The summed E-state index contributed by atoms with van der Waals surface area (Å²) in [5, 5.41) is 17.8. The van der Waals surface area contributed by atoms with E-state index < -0.39 is 11.9 Å². The summed E-state index contributed by atoms with van der Waals surface area (Å²) in [6.07, 6.45) is 0. The van der Waals surface area contributed by atoms with Gasteiger partial charge in [-0.25, -0.2) is 9.59 Å². The Labute approximate surface area is 92.3 Å². The molecular weight excluding hydrogens is 212 g/mol. The van der Waals surface area contributed by atoms with Crippen LogP contribution in [0.5, 0.6) is 0 Å². The summed E-state index contributed by atoms with van der Waals surface area (Å²) in [6, 6.07) is 4.13. The van der Waals surface area contributed by atoms with E-state index in [4.69, 9.17) is 14.9 Å². The third-order valence-corrected chi connectivity index (χ3v) is 2.09. The first-order chi connectivity index (χ1) is 7.57. The third kappa shape index (κ3) is 2.58. The maximum atomic E-state index is 10.9. The van der Waals surface area contributed by atoms with Crippen LogP contribution >= 0.6 is 0 Å². The van der Waals surface area contributed by atoms with Gasteiger partial charge in [0.2, 0.25) is 0 Å². The molecule has 0 aliphatic rings. The molecule has 5 heteroatoms. The van der Waals surface area contributed by atoms with Crippen molar-refractivity contribution >= 4 is 11.9 Å². The molecule has 5 nitrogen and oxygen atoms in total. The summed E-state index contributed by atoms with van der Waals surface area (Å²) in [7, 11) is 0. The van der Waals surface area contributed by atoms with Crippen LogP contribution in [-0.4, -0.2) is 28.8 Å². The van der Waals surface area contributed by atoms with E-state index in [2.05, 4.69) is 0 Å². The first kappa shape index (κ1) is 12.2. The Morgan fingerprint density at radius 1 is 1.19 bits per heavy atom. The summed E-state index contributed by atoms with van der Waals surface area (Å²) in [5.74, 6) is -2.31. The lowest BCUT2D eigenvalue weighted by Crippen LogP contribution is -2.11. The second-order valence-electron chi connectivity index (χ2n) is 3.08. The van der Waals surface area contributed by atoms with Gasteiger partial charge in [0.15, 0.2) is 0 Å². The van der Waals surface area contributed by atoms with Gasteiger partial charge < -0.3 is 14.9 Å². The molecule has 0 atom stereocenters. The minimum Gasteiger partial charge on any atom is -0.478 e. The van der Waals surface area contributed by atoms with Crippen molar-refractivity contribution in [2.24, 2.45) is 0 Å². The van der Waals surface area contributed by atoms with Gasteiger partial charge in [0.05, 0.1) is 17.7 Å². The third-order valence-electron chi connectivity index (χ3n) is 2.09. The van der Waals surface area contributed by atoms with Crippen LogP contribution in [0.4, 0.5) is 0 Å². The molecule has 0 radical (unpaired) electrons. The first-order valence-corrected chi connectivity index (χ1v) is 4.74. The zero-order valence-corrected chi connectivity index (χ0v) is 8.77. The van der Waals surface area contributed by atoms with Gasteiger partial charge in [0.25, 0.3) is 0 Å². The van der Waals surface area contributed by atoms with Crippen molar-refractivity contribution in [1.29, 1.82) is 0 Å². The Morgan fingerprint density at radius 3 is 2.06 bits per heavy atom. The fraction of sp³-hybridized carbons (Fsp3) is 0.273. The molecule has 0 heterocycles. The predicted octanol–water partition coefficient (Wildman–Crippen LogP) is 1.62. The summed E-state index contributed by atoms with van der Waals surface area (Å²) >= 11 is 0. The van der Waals surface area contributed by atoms with Crippen molar-refractivity contribution in [2.45, 2.75) is 13.5 Å². The zero-order chi connectivity index (χ0) is 12.1. The van der Waals surface area contributed by atoms with E-state index in [-0.39, 0.29) is 23.3 Å². The fourth-order valence-electron chi connectivity index (χ4n) is 1.35. The number of rotatable bonds is 5. The molecular formula is C11H12O5. The molecule has 0 aliphatic heterocycles. The van der Waals surface area contributed by atoms with Gasteiger partial charge in [0.1, 0.15) is 0 Å². The lowest BCUT2D eigenvalue weighted by molar-refractivity contribution is 0.0681. The second kappa shape index (κ2) is 5.27. The molecule has 0 aliphatic carbocycles. The predicted molar refractivity (Wildman–Crippen MR) is 55.7 cm³/mol. The van der Waals surface area contributed by atoms with Crippen molar-refractivity contribution in [1.82, 2.24) is 0 Å². The molecule has 16 heavy (non-hydrogen) atoms. The highest BCUT2D eigenvalue weighted by Gasteiger charge is 2.17. The first-order valence-electron chi connectivity index (χ1n) is 4.74. The molecule has 1 aromatic rings. The average molecular weight is 224 g/mol. The fourth-order valence-corrected chi connectivity index (χ4v) is 1.35. The zero-order valence-electron chi connectivity index (χ0n) is 8.77. The van der Waals surface area contributed by atoms with Crippen molar-refractivity contribution in [3.63, 3.8) is 0 Å². The van der Waals surface area contributed by atoms with Gasteiger partial charge in [-0.15, -0.1) is 0 Å². The Balaban J connectivity index is 3.23.